The maximum atomic E-state index is 13.6. The lowest BCUT2D eigenvalue weighted by Crippen LogP contribution is -2.39. The van der Waals surface area contributed by atoms with Crippen LogP contribution in [0.5, 0.6) is 0 Å². The van der Waals surface area contributed by atoms with E-state index in [1.165, 1.54) is 14.0 Å². The minimum Gasteiger partial charge on any atom is -0.383 e. The van der Waals surface area contributed by atoms with Crippen molar-refractivity contribution in [1.29, 1.82) is 0 Å². The minimum absolute atomic E-state index is 0.297. The van der Waals surface area contributed by atoms with Crippen molar-refractivity contribution in [2.45, 2.75) is 13.0 Å². The third kappa shape index (κ3) is 4.76. The molecule has 0 fully saturated rings. The van der Waals surface area contributed by atoms with Crippen LogP contribution in [0.15, 0.2) is 16.6 Å². The smallest absolute Gasteiger partial charge is 0.242 e. The molecule has 1 unspecified atom stereocenters. The Morgan fingerprint density at radius 1 is 1.42 bits per heavy atom. The van der Waals surface area contributed by atoms with E-state index in [1.807, 2.05) is 0 Å². The summed E-state index contributed by atoms with van der Waals surface area (Å²) in [6, 6.07) is 1.49. The van der Waals surface area contributed by atoms with E-state index in [1.54, 1.807) is 0 Å². The molecule has 0 aliphatic rings. The number of carbonyl (C=O) groups excluding carboxylic acids is 1. The molecule has 0 bridgehead atoms. The van der Waals surface area contributed by atoms with Crippen LogP contribution in [0.3, 0.4) is 0 Å². The van der Waals surface area contributed by atoms with Gasteiger partial charge in [-0.3, -0.25) is 4.79 Å². The second kappa shape index (κ2) is 7.40. The van der Waals surface area contributed by atoms with E-state index in [2.05, 4.69) is 26.6 Å². The van der Waals surface area contributed by atoms with Gasteiger partial charge in [-0.1, -0.05) is 15.9 Å². The van der Waals surface area contributed by atoms with Gasteiger partial charge in [0.1, 0.15) is 23.4 Å². The van der Waals surface area contributed by atoms with Crippen LogP contribution in [-0.2, 0) is 9.53 Å². The lowest BCUT2D eigenvalue weighted by molar-refractivity contribution is -0.121. The van der Waals surface area contributed by atoms with Gasteiger partial charge in [-0.2, -0.15) is 0 Å². The largest absolute Gasteiger partial charge is 0.383 e. The summed E-state index contributed by atoms with van der Waals surface area (Å²) in [6.07, 6.45) is 0. The number of nitrogens with one attached hydrogen (secondary N) is 2. The van der Waals surface area contributed by atoms with Gasteiger partial charge >= 0.3 is 0 Å². The van der Waals surface area contributed by atoms with Gasteiger partial charge in [-0.05, 0) is 19.1 Å². The van der Waals surface area contributed by atoms with E-state index in [9.17, 15) is 13.6 Å². The van der Waals surface area contributed by atoms with Gasteiger partial charge in [0.05, 0.1) is 6.61 Å². The fourth-order valence-electron chi connectivity index (χ4n) is 1.39. The quantitative estimate of drug-likeness (QED) is 0.783. The lowest BCUT2D eigenvalue weighted by Gasteiger charge is -2.16. The number of carbonyl (C=O) groups is 1. The van der Waals surface area contributed by atoms with Crippen molar-refractivity contribution in [2.24, 2.45) is 0 Å². The first-order valence-electron chi connectivity index (χ1n) is 5.63. The Morgan fingerprint density at radius 2 is 2.00 bits per heavy atom. The highest BCUT2D eigenvalue weighted by Gasteiger charge is 2.17. The zero-order valence-corrected chi connectivity index (χ0v) is 12.2. The molecule has 106 valence electrons. The van der Waals surface area contributed by atoms with Crippen molar-refractivity contribution >= 4 is 27.5 Å². The van der Waals surface area contributed by atoms with Crippen LogP contribution in [0.4, 0.5) is 14.5 Å². The second-order valence-corrected chi connectivity index (χ2v) is 4.81. The number of methoxy groups -OCH3 is 1. The molecule has 4 nitrogen and oxygen atoms in total. The third-order valence-corrected chi connectivity index (χ3v) is 2.82. The van der Waals surface area contributed by atoms with Crippen LogP contribution >= 0.6 is 15.9 Å². The minimum atomic E-state index is -0.762. The molecule has 0 spiro atoms. The molecule has 0 aliphatic heterocycles. The molecule has 0 saturated heterocycles. The Kier molecular flexibility index (Phi) is 6.17. The molecule has 19 heavy (non-hydrogen) atoms. The maximum absolute atomic E-state index is 13.6. The Bertz CT molecular complexity index is 434. The number of anilines is 1. The van der Waals surface area contributed by atoms with Crippen molar-refractivity contribution < 1.29 is 18.3 Å². The predicted molar refractivity (Wildman–Crippen MR) is 72.0 cm³/mol. The van der Waals surface area contributed by atoms with Crippen LogP contribution in [0.2, 0.25) is 0 Å². The zero-order valence-electron chi connectivity index (χ0n) is 10.6. The molecule has 0 aliphatic carbocycles. The normalized spacial score (nSPS) is 12.1. The number of halogens is 3. The summed E-state index contributed by atoms with van der Waals surface area (Å²) in [5.74, 6) is -1.88. The molecule has 1 amide bonds. The SMILES string of the molecule is COCCNC(=O)C(C)Nc1c(F)cc(Br)cc1F. The monoisotopic (exact) mass is 336 g/mol. The number of rotatable bonds is 6. The van der Waals surface area contributed by atoms with Crippen molar-refractivity contribution in [3.63, 3.8) is 0 Å². The molecule has 2 N–H and O–H groups in total. The highest BCUT2D eigenvalue weighted by atomic mass is 79.9. The molecule has 1 aromatic carbocycles. The lowest BCUT2D eigenvalue weighted by atomic mass is 10.2. The first-order valence-corrected chi connectivity index (χ1v) is 6.42. The average Bonchev–Trinajstić information content (AvgIpc) is 2.33. The number of hydrogen-bond donors (Lipinski definition) is 2. The van der Waals surface area contributed by atoms with Crippen LogP contribution in [0, 0.1) is 11.6 Å². The van der Waals surface area contributed by atoms with E-state index in [0.29, 0.717) is 17.6 Å². The Hall–Kier alpha value is -1.21. The maximum Gasteiger partial charge on any atom is 0.242 e. The Labute approximate surface area is 118 Å². The molecule has 7 heteroatoms. The summed E-state index contributed by atoms with van der Waals surface area (Å²) in [6.45, 7) is 2.23. The van der Waals surface area contributed by atoms with Gasteiger partial charge in [-0.25, -0.2) is 8.78 Å². The molecule has 0 heterocycles. The first kappa shape index (κ1) is 15.8. The van der Waals surface area contributed by atoms with Crippen molar-refractivity contribution in [1.82, 2.24) is 5.32 Å². The van der Waals surface area contributed by atoms with Gasteiger partial charge in [0.2, 0.25) is 5.91 Å². The number of benzene rings is 1. The summed E-state index contributed by atoms with van der Waals surface area (Å²) < 4.78 is 32.2. The molecule has 0 radical (unpaired) electrons. The van der Waals surface area contributed by atoms with Gasteiger partial charge < -0.3 is 15.4 Å². The van der Waals surface area contributed by atoms with Gasteiger partial charge in [0.15, 0.2) is 0 Å². The topological polar surface area (TPSA) is 50.4 Å². The van der Waals surface area contributed by atoms with Crippen molar-refractivity contribution in [3.05, 3.63) is 28.2 Å². The first-order chi connectivity index (χ1) is 8.95. The standard InChI is InChI=1S/C12H15BrF2N2O2/c1-7(12(18)16-3-4-19-2)17-11-9(14)5-8(13)6-10(11)15/h5-7,17H,3-4H2,1-2H3,(H,16,18). The molecule has 0 aromatic heterocycles. The zero-order chi connectivity index (χ0) is 14.4. The van der Waals surface area contributed by atoms with E-state index in [0.717, 1.165) is 12.1 Å². The van der Waals surface area contributed by atoms with Crippen molar-refractivity contribution in [3.8, 4) is 0 Å². The summed E-state index contributed by atoms with van der Waals surface area (Å²) in [4.78, 5) is 11.6. The number of hydrogen-bond acceptors (Lipinski definition) is 3. The summed E-state index contributed by atoms with van der Waals surface area (Å²) in [7, 11) is 1.51. The highest BCUT2D eigenvalue weighted by molar-refractivity contribution is 9.10. The van der Waals surface area contributed by atoms with Crippen LogP contribution < -0.4 is 10.6 Å². The molecular formula is C12H15BrF2N2O2. The van der Waals surface area contributed by atoms with Crippen LogP contribution in [0.25, 0.3) is 0 Å². The third-order valence-electron chi connectivity index (χ3n) is 2.37. The van der Waals surface area contributed by atoms with E-state index < -0.39 is 17.7 Å². The molecule has 0 saturated carbocycles. The van der Waals surface area contributed by atoms with Gasteiger partial charge in [-0.15, -0.1) is 0 Å². The summed E-state index contributed by atoms with van der Waals surface area (Å²) in [5.41, 5.74) is -0.322. The van der Waals surface area contributed by atoms with E-state index in [-0.39, 0.29) is 11.6 Å². The second-order valence-electron chi connectivity index (χ2n) is 3.89. The van der Waals surface area contributed by atoms with E-state index >= 15 is 0 Å². The molecule has 1 rings (SSSR count). The Morgan fingerprint density at radius 3 is 2.53 bits per heavy atom. The van der Waals surface area contributed by atoms with Gasteiger partial charge in [0, 0.05) is 18.1 Å². The molecular weight excluding hydrogens is 322 g/mol. The summed E-state index contributed by atoms with van der Waals surface area (Å²) in [5, 5.41) is 5.08. The summed E-state index contributed by atoms with van der Waals surface area (Å²) >= 11 is 2.98. The fraction of sp³-hybridized carbons (Fsp3) is 0.417. The van der Waals surface area contributed by atoms with Crippen LogP contribution in [0.1, 0.15) is 6.92 Å². The average molecular weight is 337 g/mol. The van der Waals surface area contributed by atoms with Crippen molar-refractivity contribution in [2.75, 3.05) is 25.6 Å². The van der Waals surface area contributed by atoms with E-state index in [4.69, 9.17) is 4.74 Å². The number of ether oxygens (including phenoxy) is 1. The fourth-order valence-corrected chi connectivity index (χ4v) is 1.79. The number of amides is 1. The van der Waals surface area contributed by atoms with Crippen LogP contribution in [-0.4, -0.2) is 32.2 Å². The Balaban J connectivity index is 2.66. The highest BCUT2D eigenvalue weighted by Crippen LogP contribution is 2.24. The molecule has 1 atom stereocenters. The predicted octanol–water partition coefficient (Wildman–Crippen LogP) is 2.29. The van der Waals surface area contributed by atoms with Gasteiger partial charge in [0.25, 0.3) is 0 Å². The molecule has 1 aromatic rings.